The van der Waals surface area contributed by atoms with Crippen molar-refractivity contribution in [3.05, 3.63) is 59.2 Å². The molecule has 0 spiro atoms. The Balaban J connectivity index is 2.00. The number of hydrogen-bond acceptors (Lipinski definition) is 4. The molecule has 1 amide bonds. The number of phenols is 1. The lowest BCUT2D eigenvalue weighted by atomic mass is 10.1. The van der Waals surface area contributed by atoms with Gasteiger partial charge in [0.05, 0.1) is 12.3 Å². The standard InChI is InChI=1S/C18H20N2O3/c1-12(2)23-16-9-8-15(17(21)10-16)11-19-20-18(22)14-6-4-13(3)5-7-14/h4-12,21H,1-3H3,(H,20,22)/b19-11-. The van der Waals surface area contributed by atoms with E-state index < -0.39 is 0 Å². The van der Waals surface area contributed by atoms with E-state index in [0.29, 0.717) is 16.9 Å². The largest absolute Gasteiger partial charge is 0.507 e. The lowest BCUT2D eigenvalue weighted by molar-refractivity contribution is 0.0955. The van der Waals surface area contributed by atoms with E-state index >= 15 is 0 Å². The van der Waals surface area contributed by atoms with E-state index in [-0.39, 0.29) is 17.8 Å². The summed E-state index contributed by atoms with van der Waals surface area (Å²) < 4.78 is 5.49. The summed E-state index contributed by atoms with van der Waals surface area (Å²) in [5.41, 5.74) is 4.53. The van der Waals surface area contributed by atoms with Crippen molar-refractivity contribution in [3.63, 3.8) is 0 Å². The quantitative estimate of drug-likeness (QED) is 0.657. The first-order chi connectivity index (χ1) is 11.0. The molecule has 2 N–H and O–H groups in total. The number of ether oxygens (including phenoxy) is 1. The summed E-state index contributed by atoms with van der Waals surface area (Å²) in [6.45, 7) is 5.77. The summed E-state index contributed by atoms with van der Waals surface area (Å²) in [5, 5.41) is 13.8. The van der Waals surface area contributed by atoms with Crippen LogP contribution < -0.4 is 10.2 Å². The monoisotopic (exact) mass is 312 g/mol. The molecule has 0 fully saturated rings. The third-order valence-electron chi connectivity index (χ3n) is 3.06. The minimum absolute atomic E-state index is 0.0303. The summed E-state index contributed by atoms with van der Waals surface area (Å²) in [4.78, 5) is 11.9. The highest BCUT2D eigenvalue weighted by atomic mass is 16.5. The summed E-state index contributed by atoms with van der Waals surface area (Å²) in [7, 11) is 0. The van der Waals surface area contributed by atoms with Gasteiger partial charge in [-0.1, -0.05) is 17.7 Å². The van der Waals surface area contributed by atoms with Gasteiger partial charge in [-0.15, -0.1) is 0 Å². The predicted molar refractivity (Wildman–Crippen MR) is 90.1 cm³/mol. The Morgan fingerprint density at radius 2 is 1.91 bits per heavy atom. The van der Waals surface area contributed by atoms with Crippen LogP contribution in [0.4, 0.5) is 0 Å². The SMILES string of the molecule is Cc1ccc(C(=O)N/N=C\c2ccc(OC(C)C)cc2O)cc1. The molecule has 0 unspecified atom stereocenters. The molecular formula is C18H20N2O3. The Hall–Kier alpha value is -2.82. The molecule has 23 heavy (non-hydrogen) atoms. The van der Waals surface area contributed by atoms with Crippen LogP contribution in [0.15, 0.2) is 47.6 Å². The molecule has 0 atom stereocenters. The molecule has 0 saturated carbocycles. The van der Waals surface area contributed by atoms with Gasteiger partial charge in [-0.3, -0.25) is 4.79 Å². The van der Waals surface area contributed by atoms with E-state index in [2.05, 4.69) is 10.5 Å². The average molecular weight is 312 g/mol. The number of hydrazone groups is 1. The molecule has 2 aromatic carbocycles. The minimum atomic E-state index is -0.305. The van der Waals surface area contributed by atoms with E-state index in [9.17, 15) is 9.90 Å². The van der Waals surface area contributed by atoms with E-state index in [0.717, 1.165) is 5.56 Å². The van der Waals surface area contributed by atoms with Gasteiger partial charge in [0.2, 0.25) is 0 Å². The lowest BCUT2D eigenvalue weighted by Gasteiger charge is -2.10. The molecule has 2 aromatic rings. The van der Waals surface area contributed by atoms with Crippen molar-refractivity contribution >= 4 is 12.1 Å². The molecule has 0 radical (unpaired) electrons. The maximum absolute atomic E-state index is 11.9. The Morgan fingerprint density at radius 1 is 1.22 bits per heavy atom. The second-order valence-electron chi connectivity index (χ2n) is 5.45. The van der Waals surface area contributed by atoms with Crippen molar-refractivity contribution in [1.82, 2.24) is 5.43 Å². The Kier molecular flexibility index (Phi) is 5.36. The molecular weight excluding hydrogens is 292 g/mol. The van der Waals surface area contributed by atoms with Gasteiger partial charge in [-0.2, -0.15) is 5.10 Å². The molecule has 0 saturated heterocycles. The number of carbonyl (C=O) groups is 1. The van der Waals surface area contributed by atoms with Crippen LogP contribution in [-0.4, -0.2) is 23.3 Å². The molecule has 0 aliphatic carbocycles. The average Bonchev–Trinajstić information content (AvgIpc) is 2.49. The zero-order valence-corrected chi connectivity index (χ0v) is 13.4. The predicted octanol–water partition coefficient (Wildman–Crippen LogP) is 3.25. The number of aryl methyl sites for hydroxylation is 1. The number of nitrogens with zero attached hydrogens (tertiary/aromatic N) is 1. The number of carbonyl (C=O) groups excluding carboxylic acids is 1. The number of aromatic hydroxyl groups is 1. The smallest absolute Gasteiger partial charge is 0.271 e. The number of rotatable bonds is 5. The summed E-state index contributed by atoms with van der Waals surface area (Å²) >= 11 is 0. The Morgan fingerprint density at radius 3 is 2.52 bits per heavy atom. The van der Waals surface area contributed by atoms with Crippen LogP contribution in [0.2, 0.25) is 0 Å². The second-order valence-corrected chi connectivity index (χ2v) is 5.45. The van der Waals surface area contributed by atoms with Crippen LogP contribution in [-0.2, 0) is 0 Å². The van der Waals surface area contributed by atoms with E-state index in [1.165, 1.54) is 12.3 Å². The van der Waals surface area contributed by atoms with Crippen molar-refractivity contribution in [2.45, 2.75) is 26.9 Å². The van der Waals surface area contributed by atoms with Gasteiger partial charge in [-0.05, 0) is 45.0 Å². The topological polar surface area (TPSA) is 70.9 Å². The van der Waals surface area contributed by atoms with Gasteiger partial charge in [0, 0.05) is 17.2 Å². The maximum Gasteiger partial charge on any atom is 0.271 e. The molecule has 5 nitrogen and oxygen atoms in total. The van der Waals surface area contributed by atoms with E-state index in [4.69, 9.17) is 4.74 Å². The van der Waals surface area contributed by atoms with Crippen molar-refractivity contribution in [3.8, 4) is 11.5 Å². The van der Waals surface area contributed by atoms with Crippen molar-refractivity contribution in [1.29, 1.82) is 0 Å². The fourth-order valence-electron chi connectivity index (χ4n) is 1.91. The molecule has 0 aliphatic heterocycles. The van der Waals surface area contributed by atoms with Crippen LogP contribution in [0.5, 0.6) is 11.5 Å². The van der Waals surface area contributed by atoms with Gasteiger partial charge in [0.15, 0.2) is 0 Å². The van der Waals surface area contributed by atoms with Crippen molar-refractivity contribution < 1.29 is 14.6 Å². The van der Waals surface area contributed by atoms with Gasteiger partial charge in [-0.25, -0.2) is 5.43 Å². The number of phenolic OH excluding ortho intramolecular Hbond substituents is 1. The number of nitrogens with one attached hydrogen (secondary N) is 1. The zero-order chi connectivity index (χ0) is 16.8. The Labute approximate surface area is 135 Å². The van der Waals surface area contributed by atoms with Gasteiger partial charge in [0.25, 0.3) is 5.91 Å². The Bertz CT molecular complexity index is 707. The molecule has 0 aliphatic rings. The van der Waals surface area contributed by atoms with Crippen molar-refractivity contribution in [2.75, 3.05) is 0 Å². The first kappa shape index (κ1) is 16.5. The number of amides is 1. The van der Waals surface area contributed by atoms with Crippen LogP contribution in [0, 0.1) is 6.92 Å². The van der Waals surface area contributed by atoms with Gasteiger partial charge >= 0.3 is 0 Å². The number of benzene rings is 2. The minimum Gasteiger partial charge on any atom is -0.507 e. The summed E-state index contributed by atoms with van der Waals surface area (Å²) in [6, 6.07) is 12.1. The third-order valence-corrected chi connectivity index (χ3v) is 3.06. The molecule has 5 heteroatoms. The first-order valence-corrected chi connectivity index (χ1v) is 7.35. The highest BCUT2D eigenvalue weighted by Gasteiger charge is 2.05. The van der Waals surface area contributed by atoms with Crippen molar-refractivity contribution in [2.24, 2.45) is 5.10 Å². The van der Waals surface area contributed by atoms with Crippen LogP contribution in [0.1, 0.15) is 35.3 Å². The van der Waals surface area contributed by atoms with E-state index in [1.807, 2.05) is 32.9 Å². The van der Waals surface area contributed by atoms with Crippen LogP contribution >= 0.6 is 0 Å². The first-order valence-electron chi connectivity index (χ1n) is 7.35. The van der Waals surface area contributed by atoms with Crippen LogP contribution in [0.25, 0.3) is 0 Å². The lowest BCUT2D eigenvalue weighted by Crippen LogP contribution is -2.17. The molecule has 120 valence electrons. The molecule has 2 rings (SSSR count). The van der Waals surface area contributed by atoms with Gasteiger partial charge < -0.3 is 9.84 Å². The summed E-state index contributed by atoms with van der Waals surface area (Å²) in [6.07, 6.45) is 1.42. The summed E-state index contributed by atoms with van der Waals surface area (Å²) in [5.74, 6) is 0.315. The van der Waals surface area contributed by atoms with Gasteiger partial charge in [0.1, 0.15) is 11.5 Å². The molecule has 0 bridgehead atoms. The highest BCUT2D eigenvalue weighted by Crippen LogP contribution is 2.23. The number of hydrogen-bond donors (Lipinski definition) is 2. The maximum atomic E-state index is 11.9. The highest BCUT2D eigenvalue weighted by molar-refractivity contribution is 5.95. The molecule has 0 aromatic heterocycles. The van der Waals surface area contributed by atoms with E-state index in [1.54, 1.807) is 24.3 Å². The molecule has 0 heterocycles. The zero-order valence-electron chi connectivity index (χ0n) is 13.4. The third kappa shape index (κ3) is 4.85. The van der Waals surface area contributed by atoms with Crippen LogP contribution in [0.3, 0.4) is 0 Å². The fourth-order valence-corrected chi connectivity index (χ4v) is 1.91. The second kappa shape index (κ2) is 7.45. The fraction of sp³-hybridized carbons (Fsp3) is 0.222. The normalized spacial score (nSPS) is 11.0.